The van der Waals surface area contributed by atoms with Gasteiger partial charge in [0.15, 0.2) is 0 Å². The Labute approximate surface area is 117 Å². The number of rotatable bonds is 6. The van der Waals surface area contributed by atoms with Gasteiger partial charge < -0.3 is 15.0 Å². The van der Waals surface area contributed by atoms with Crippen LogP contribution >= 0.6 is 0 Å². The Morgan fingerprint density at radius 2 is 2.05 bits per heavy atom. The van der Waals surface area contributed by atoms with Crippen molar-refractivity contribution in [1.29, 1.82) is 0 Å². The molecule has 1 aromatic heterocycles. The van der Waals surface area contributed by atoms with Gasteiger partial charge in [-0.1, -0.05) is 19.9 Å². The standard InChI is InChI=1S/C14H20N2O4/c1-9(2)12(13(19)15-7-6-11(17)18)16-8-4-5-10(3)14(16)20/h4-5,8-9,12H,6-7H2,1-3H3,(H,15,19)(H,17,18). The summed E-state index contributed by atoms with van der Waals surface area (Å²) in [4.78, 5) is 34.7. The number of aryl methyl sites for hydroxylation is 1. The van der Waals surface area contributed by atoms with E-state index in [-0.39, 0.29) is 30.3 Å². The molecule has 6 nitrogen and oxygen atoms in total. The van der Waals surface area contributed by atoms with Crippen molar-refractivity contribution in [2.24, 2.45) is 5.92 Å². The van der Waals surface area contributed by atoms with Crippen molar-refractivity contribution >= 4 is 11.9 Å². The number of carbonyl (C=O) groups excluding carboxylic acids is 1. The van der Waals surface area contributed by atoms with Gasteiger partial charge in [0.05, 0.1) is 6.42 Å². The SMILES string of the molecule is Cc1cccn(C(C(=O)NCCC(=O)O)C(C)C)c1=O. The van der Waals surface area contributed by atoms with E-state index in [4.69, 9.17) is 5.11 Å². The maximum atomic E-state index is 12.2. The fraction of sp³-hybridized carbons (Fsp3) is 0.500. The number of nitrogens with one attached hydrogen (secondary N) is 1. The van der Waals surface area contributed by atoms with Crippen molar-refractivity contribution in [2.75, 3.05) is 6.54 Å². The molecule has 1 heterocycles. The monoisotopic (exact) mass is 280 g/mol. The number of aromatic nitrogens is 1. The Balaban J connectivity index is 2.94. The summed E-state index contributed by atoms with van der Waals surface area (Å²) in [5.41, 5.74) is 0.357. The van der Waals surface area contributed by atoms with Gasteiger partial charge in [-0.3, -0.25) is 14.4 Å². The molecule has 0 bridgehead atoms. The van der Waals surface area contributed by atoms with E-state index in [1.54, 1.807) is 25.3 Å². The number of carbonyl (C=O) groups is 2. The molecule has 0 radical (unpaired) electrons. The largest absolute Gasteiger partial charge is 0.481 e. The minimum Gasteiger partial charge on any atom is -0.481 e. The maximum Gasteiger partial charge on any atom is 0.305 e. The maximum absolute atomic E-state index is 12.2. The van der Waals surface area contributed by atoms with E-state index in [9.17, 15) is 14.4 Å². The Bertz CT molecular complexity index is 548. The molecule has 1 aromatic rings. The first-order valence-corrected chi connectivity index (χ1v) is 6.52. The molecule has 6 heteroatoms. The molecule has 1 amide bonds. The molecule has 0 saturated heterocycles. The Morgan fingerprint density at radius 3 is 2.60 bits per heavy atom. The van der Waals surface area contributed by atoms with Gasteiger partial charge in [0.2, 0.25) is 5.91 Å². The van der Waals surface area contributed by atoms with E-state index in [1.807, 2.05) is 13.8 Å². The van der Waals surface area contributed by atoms with Crippen LogP contribution in [0.4, 0.5) is 0 Å². The normalized spacial score (nSPS) is 12.2. The number of nitrogens with zero attached hydrogens (tertiary/aromatic N) is 1. The summed E-state index contributed by atoms with van der Waals surface area (Å²) >= 11 is 0. The minimum absolute atomic E-state index is 0.0535. The van der Waals surface area contributed by atoms with E-state index in [1.165, 1.54) is 4.57 Å². The molecule has 0 saturated carbocycles. The highest BCUT2D eigenvalue weighted by Crippen LogP contribution is 2.16. The van der Waals surface area contributed by atoms with Crippen LogP contribution < -0.4 is 10.9 Å². The molecule has 0 aliphatic carbocycles. The molecule has 0 aliphatic rings. The van der Waals surface area contributed by atoms with Gasteiger partial charge in [0.1, 0.15) is 6.04 Å². The number of amides is 1. The van der Waals surface area contributed by atoms with Gasteiger partial charge in [-0.25, -0.2) is 0 Å². The third-order valence-corrected chi connectivity index (χ3v) is 3.00. The summed E-state index contributed by atoms with van der Waals surface area (Å²) in [6.45, 7) is 5.43. The van der Waals surface area contributed by atoms with Crippen LogP contribution in [0.5, 0.6) is 0 Å². The zero-order valence-corrected chi connectivity index (χ0v) is 11.9. The molecule has 1 atom stereocenters. The second-order valence-corrected chi connectivity index (χ2v) is 5.03. The van der Waals surface area contributed by atoms with E-state index < -0.39 is 12.0 Å². The molecule has 0 aromatic carbocycles. The summed E-state index contributed by atoms with van der Waals surface area (Å²) < 4.78 is 1.40. The van der Waals surface area contributed by atoms with Gasteiger partial charge in [-0.2, -0.15) is 0 Å². The first kappa shape index (κ1) is 15.9. The number of hydrogen-bond donors (Lipinski definition) is 2. The van der Waals surface area contributed by atoms with Crippen molar-refractivity contribution in [3.8, 4) is 0 Å². The molecule has 0 spiro atoms. The van der Waals surface area contributed by atoms with E-state index in [2.05, 4.69) is 5.32 Å². The molecule has 20 heavy (non-hydrogen) atoms. The van der Waals surface area contributed by atoms with Crippen molar-refractivity contribution in [1.82, 2.24) is 9.88 Å². The highest BCUT2D eigenvalue weighted by molar-refractivity contribution is 5.81. The fourth-order valence-electron chi connectivity index (χ4n) is 1.99. The summed E-state index contributed by atoms with van der Waals surface area (Å²) in [7, 11) is 0. The average molecular weight is 280 g/mol. The second kappa shape index (κ2) is 6.88. The van der Waals surface area contributed by atoms with Gasteiger partial charge in [-0.15, -0.1) is 0 Å². The Morgan fingerprint density at radius 1 is 1.40 bits per heavy atom. The highest BCUT2D eigenvalue weighted by Gasteiger charge is 2.24. The van der Waals surface area contributed by atoms with Gasteiger partial charge >= 0.3 is 5.97 Å². The molecule has 1 rings (SSSR count). The lowest BCUT2D eigenvalue weighted by Crippen LogP contribution is -2.40. The van der Waals surface area contributed by atoms with Crippen LogP contribution in [0.25, 0.3) is 0 Å². The van der Waals surface area contributed by atoms with Crippen molar-refractivity contribution in [3.63, 3.8) is 0 Å². The molecule has 2 N–H and O–H groups in total. The third kappa shape index (κ3) is 3.94. The van der Waals surface area contributed by atoms with Gasteiger partial charge in [0.25, 0.3) is 5.56 Å². The first-order chi connectivity index (χ1) is 9.34. The first-order valence-electron chi connectivity index (χ1n) is 6.52. The predicted octanol–water partition coefficient (Wildman–Crippen LogP) is 0.945. The number of aliphatic carboxylic acids is 1. The van der Waals surface area contributed by atoms with Crippen LogP contribution in [-0.4, -0.2) is 28.1 Å². The molecular formula is C14H20N2O4. The summed E-state index contributed by atoms with van der Waals surface area (Å²) in [6, 6.07) is 2.77. The number of pyridine rings is 1. The van der Waals surface area contributed by atoms with Crippen LogP contribution in [0, 0.1) is 12.8 Å². The molecule has 0 fully saturated rings. The van der Waals surface area contributed by atoms with Crippen LogP contribution in [0.15, 0.2) is 23.1 Å². The van der Waals surface area contributed by atoms with Crippen LogP contribution in [0.1, 0.15) is 31.9 Å². The van der Waals surface area contributed by atoms with Crippen LogP contribution in [-0.2, 0) is 9.59 Å². The minimum atomic E-state index is -0.973. The van der Waals surface area contributed by atoms with E-state index in [0.29, 0.717) is 5.56 Å². The van der Waals surface area contributed by atoms with Crippen LogP contribution in [0.3, 0.4) is 0 Å². The summed E-state index contributed by atoms with van der Waals surface area (Å²) in [5.74, 6) is -1.40. The lowest BCUT2D eigenvalue weighted by Gasteiger charge is -2.23. The highest BCUT2D eigenvalue weighted by atomic mass is 16.4. The Hall–Kier alpha value is -2.11. The topological polar surface area (TPSA) is 88.4 Å². The number of carboxylic acids is 1. The lowest BCUT2D eigenvalue weighted by atomic mass is 10.0. The number of carboxylic acid groups (broad SMARTS) is 1. The molecule has 0 aliphatic heterocycles. The lowest BCUT2D eigenvalue weighted by molar-refractivity contribution is -0.137. The predicted molar refractivity (Wildman–Crippen MR) is 74.6 cm³/mol. The van der Waals surface area contributed by atoms with Crippen LogP contribution in [0.2, 0.25) is 0 Å². The van der Waals surface area contributed by atoms with Gasteiger partial charge in [-0.05, 0) is 18.9 Å². The smallest absolute Gasteiger partial charge is 0.305 e. The Kier molecular flexibility index (Phi) is 5.49. The zero-order chi connectivity index (χ0) is 15.3. The summed E-state index contributed by atoms with van der Waals surface area (Å²) in [6.07, 6.45) is 1.44. The fourth-order valence-corrected chi connectivity index (χ4v) is 1.99. The van der Waals surface area contributed by atoms with Crippen molar-refractivity contribution in [2.45, 2.75) is 33.2 Å². The third-order valence-electron chi connectivity index (χ3n) is 3.00. The van der Waals surface area contributed by atoms with Crippen molar-refractivity contribution < 1.29 is 14.7 Å². The van der Waals surface area contributed by atoms with E-state index in [0.717, 1.165) is 0 Å². The summed E-state index contributed by atoms with van der Waals surface area (Å²) in [5, 5.41) is 11.1. The molecule has 110 valence electrons. The number of hydrogen-bond acceptors (Lipinski definition) is 3. The second-order valence-electron chi connectivity index (χ2n) is 5.03. The van der Waals surface area contributed by atoms with Gasteiger partial charge in [0, 0.05) is 18.3 Å². The molecule has 1 unspecified atom stereocenters. The van der Waals surface area contributed by atoms with E-state index >= 15 is 0 Å². The quantitative estimate of drug-likeness (QED) is 0.812. The molecular weight excluding hydrogens is 260 g/mol. The van der Waals surface area contributed by atoms with Crippen molar-refractivity contribution in [3.05, 3.63) is 34.2 Å². The average Bonchev–Trinajstić information content (AvgIpc) is 2.34. The zero-order valence-electron chi connectivity index (χ0n) is 11.9.